The van der Waals surface area contributed by atoms with E-state index in [2.05, 4.69) is 0 Å². The number of carbonyl (C=O) groups excluding carboxylic acids is 3. The molecule has 0 aliphatic carbocycles. The molecule has 0 rings (SSSR count). The summed E-state index contributed by atoms with van der Waals surface area (Å²) in [6.45, 7) is 17.5. The molecule has 0 aromatic rings. The first-order chi connectivity index (χ1) is 14.1. The summed E-state index contributed by atoms with van der Waals surface area (Å²) >= 11 is 0. The van der Waals surface area contributed by atoms with Crippen LogP contribution in [-0.2, 0) is 42.8 Å². The summed E-state index contributed by atoms with van der Waals surface area (Å²) < 4.78 is 32.6. The van der Waals surface area contributed by atoms with E-state index in [-0.39, 0.29) is 19.6 Å². The van der Waals surface area contributed by atoms with Crippen LogP contribution in [0.4, 0.5) is 0 Å². The highest BCUT2D eigenvalue weighted by atomic mass is 16.7. The summed E-state index contributed by atoms with van der Waals surface area (Å²) in [4.78, 5) is 34.7. The van der Waals surface area contributed by atoms with Crippen molar-refractivity contribution < 1.29 is 42.8 Å². The summed E-state index contributed by atoms with van der Waals surface area (Å²) in [6.07, 6.45) is -2.80. The quantitative estimate of drug-likeness (QED) is 0.210. The molecule has 0 heterocycles. The average molecular weight is 450 g/mol. The molecule has 0 aliphatic heterocycles. The Morgan fingerprint density at radius 3 is 0.935 bits per heavy atom. The predicted molar refractivity (Wildman–Crippen MR) is 112 cm³/mol. The highest BCUT2D eigenvalue weighted by molar-refractivity contribution is 5.38. The van der Waals surface area contributed by atoms with Gasteiger partial charge < -0.3 is 28.4 Å². The first-order valence-corrected chi connectivity index (χ1v) is 10.1. The highest BCUT2D eigenvalue weighted by Gasteiger charge is 2.30. The molecule has 0 bridgehead atoms. The van der Waals surface area contributed by atoms with Crippen LogP contribution >= 0.6 is 0 Å². The molecule has 0 aromatic heterocycles. The van der Waals surface area contributed by atoms with Crippen LogP contribution in [0.1, 0.15) is 62.3 Å². The molecule has 3 atom stereocenters. The Kier molecular flexibility index (Phi) is 12.2. The first-order valence-electron chi connectivity index (χ1n) is 10.1. The van der Waals surface area contributed by atoms with Crippen LogP contribution < -0.4 is 0 Å². The lowest BCUT2D eigenvalue weighted by atomic mass is 10.2. The van der Waals surface area contributed by atoms with Gasteiger partial charge in [-0.15, -0.1) is 0 Å². The van der Waals surface area contributed by atoms with Crippen molar-refractivity contribution in [1.82, 2.24) is 4.90 Å². The van der Waals surface area contributed by atoms with Crippen molar-refractivity contribution in [2.24, 2.45) is 0 Å². The van der Waals surface area contributed by atoms with Crippen molar-refractivity contribution in [3.8, 4) is 0 Å². The third-order valence-electron chi connectivity index (χ3n) is 3.30. The van der Waals surface area contributed by atoms with Crippen molar-refractivity contribution in [3.05, 3.63) is 0 Å². The van der Waals surface area contributed by atoms with Crippen LogP contribution in [0.5, 0.6) is 0 Å². The summed E-state index contributed by atoms with van der Waals surface area (Å²) in [5, 5.41) is 0. The van der Waals surface area contributed by atoms with E-state index in [9.17, 15) is 14.4 Å². The zero-order valence-corrected chi connectivity index (χ0v) is 20.2. The number of carbonyl (C=O) groups is 3. The number of ether oxygens (including phenoxy) is 6. The molecule has 31 heavy (non-hydrogen) atoms. The Morgan fingerprint density at radius 2 is 0.774 bits per heavy atom. The fourth-order valence-corrected chi connectivity index (χ4v) is 2.55. The van der Waals surface area contributed by atoms with Crippen LogP contribution in [0.3, 0.4) is 0 Å². The third kappa shape index (κ3) is 16.6. The van der Waals surface area contributed by atoms with Gasteiger partial charge in [0.1, 0.15) is 0 Å². The largest absolute Gasteiger partial charge is 0.437 e. The monoisotopic (exact) mass is 449 g/mol. The minimum absolute atomic E-state index is 0.0778. The van der Waals surface area contributed by atoms with E-state index in [0.717, 1.165) is 0 Å². The second-order valence-electron chi connectivity index (χ2n) is 9.89. The Labute approximate surface area is 185 Å². The molecule has 0 saturated carbocycles. The van der Waals surface area contributed by atoms with Gasteiger partial charge in [0.25, 0.3) is 19.4 Å². The Morgan fingerprint density at radius 1 is 0.548 bits per heavy atom. The molecule has 0 saturated heterocycles. The van der Waals surface area contributed by atoms with Crippen LogP contribution in [0.2, 0.25) is 0 Å². The van der Waals surface area contributed by atoms with Crippen molar-refractivity contribution in [2.45, 2.75) is 98.0 Å². The van der Waals surface area contributed by atoms with Gasteiger partial charge in [0, 0.05) is 0 Å². The zero-order valence-electron chi connectivity index (χ0n) is 20.2. The van der Waals surface area contributed by atoms with E-state index < -0.39 is 35.7 Å². The van der Waals surface area contributed by atoms with Gasteiger partial charge in [0.15, 0.2) is 0 Å². The van der Waals surface area contributed by atoms with Crippen LogP contribution in [0.25, 0.3) is 0 Å². The summed E-state index contributed by atoms with van der Waals surface area (Å²) in [5.41, 5.74) is -1.79. The van der Waals surface area contributed by atoms with E-state index in [1.54, 1.807) is 4.90 Å². The highest BCUT2D eigenvalue weighted by Crippen LogP contribution is 2.18. The molecule has 0 amide bonds. The molecule has 182 valence electrons. The van der Waals surface area contributed by atoms with Gasteiger partial charge in [-0.3, -0.25) is 19.3 Å². The van der Waals surface area contributed by atoms with Gasteiger partial charge in [0.2, 0.25) is 18.9 Å². The van der Waals surface area contributed by atoms with Gasteiger partial charge >= 0.3 is 0 Å². The van der Waals surface area contributed by atoms with Gasteiger partial charge in [-0.1, -0.05) is 0 Å². The number of hydrogen-bond acceptors (Lipinski definition) is 10. The molecular formula is C21H39NO9. The van der Waals surface area contributed by atoms with E-state index in [1.807, 2.05) is 62.3 Å². The smallest absolute Gasteiger partial charge is 0.295 e. The third-order valence-corrected chi connectivity index (χ3v) is 3.30. The molecule has 0 aromatic carbocycles. The van der Waals surface area contributed by atoms with Gasteiger partial charge in [-0.25, -0.2) is 0 Å². The first kappa shape index (κ1) is 29.2. The minimum atomic E-state index is -0.935. The lowest BCUT2D eigenvalue weighted by molar-refractivity contribution is -0.224. The van der Waals surface area contributed by atoms with Gasteiger partial charge in [0.05, 0.1) is 36.4 Å². The maximum Gasteiger partial charge on any atom is 0.295 e. The van der Waals surface area contributed by atoms with E-state index in [4.69, 9.17) is 28.4 Å². The van der Waals surface area contributed by atoms with E-state index in [0.29, 0.717) is 19.4 Å². The Balaban J connectivity index is 5.68. The SMILES string of the molecule is CC(C)(C)OC(CN(CC(OC=O)OC(C)(C)C)CC(OC=O)OC(C)(C)C)OC=O. The van der Waals surface area contributed by atoms with Crippen molar-refractivity contribution in [2.75, 3.05) is 19.6 Å². The molecule has 0 radical (unpaired) electrons. The molecular weight excluding hydrogens is 410 g/mol. The van der Waals surface area contributed by atoms with Crippen LogP contribution in [-0.4, -0.2) is 79.6 Å². The lowest BCUT2D eigenvalue weighted by Gasteiger charge is -2.36. The second-order valence-corrected chi connectivity index (χ2v) is 9.89. The second kappa shape index (κ2) is 12.9. The molecule has 0 N–H and O–H groups in total. The zero-order chi connectivity index (χ0) is 24.3. The fraction of sp³-hybridized carbons (Fsp3) is 0.857. The Hall–Kier alpha value is -1.75. The van der Waals surface area contributed by atoms with Gasteiger partial charge in [-0.05, 0) is 62.3 Å². The molecule has 10 nitrogen and oxygen atoms in total. The maximum atomic E-state index is 11.0. The standard InChI is InChI=1S/C21H39NO9/c1-19(2,3)29-16(26-13-23)10-22(11-17(27-14-24)30-20(4,5)6)12-18(28-15-25)31-21(7,8)9/h13-18H,10-12H2,1-9H3. The molecule has 10 heteroatoms. The molecule has 0 spiro atoms. The Bertz CT molecular complexity index is 458. The summed E-state index contributed by atoms with van der Waals surface area (Å²) in [6, 6.07) is 0. The summed E-state index contributed by atoms with van der Waals surface area (Å²) in [5.74, 6) is 0. The van der Waals surface area contributed by atoms with Crippen molar-refractivity contribution in [1.29, 1.82) is 0 Å². The van der Waals surface area contributed by atoms with Crippen LogP contribution in [0, 0.1) is 0 Å². The maximum absolute atomic E-state index is 11.0. The predicted octanol–water partition coefficient (Wildman–Crippen LogP) is 2.23. The minimum Gasteiger partial charge on any atom is -0.437 e. The number of nitrogens with zero attached hydrogens (tertiary/aromatic N) is 1. The van der Waals surface area contributed by atoms with Crippen molar-refractivity contribution >= 4 is 19.4 Å². The topological polar surface area (TPSA) is 110 Å². The fourth-order valence-electron chi connectivity index (χ4n) is 2.55. The van der Waals surface area contributed by atoms with Gasteiger partial charge in [-0.2, -0.15) is 0 Å². The molecule has 0 fully saturated rings. The van der Waals surface area contributed by atoms with E-state index >= 15 is 0 Å². The number of hydrogen-bond donors (Lipinski definition) is 0. The average Bonchev–Trinajstić information content (AvgIpc) is 2.50. The van der Waals surface area contributed by atoms with Crippen molar-refractivity contribution in [3.63, 3.8) is 0 Å². The number of rotatable bonds is 15. The molecule has 3 unspecified atom stereocenters. The van der Waals surface area contributed by atoms with Crippen LogP contribution in [0.15, 0.2) is 0 Å². The van der Waals surface area contributed by atoms with E-state index in [1.165, 1.54) is 0 Å². The molecule has 0 aliphatic rings. The normalized spacial score (nSPS) is 15.7. The lowest BCUT2D eigenvalue weighted by Crippen LogP contribution is -2.49. The summed E-state index contributed by atoms with van der Waals surface area (Å²) in [7, 11) is 0.